The molecule has 1 saturated heterocycles. The van der Waals surface area contributed by atoms with Gasteiger partial charge in [-0.05, 0) is 57.0 Å². The number of carbonyl (C=O) groups excluding carboxylic acids is 3. The molecule has 2 aromatic carbocycles. The number of para-hydroxylation sites is 1. The molecule has 4 rings (SSSR count). The maximum absolute atomic E-state index is 12.5. The van der Waals surface area contributed by atoms with E-state index >= 15 is 0 Å². The van der Waals surface area contributed by atoms with Gasteiger partial charge in [0.15, 0.2) is 6.61 Å². The Hall–Kier alpha value is -3.81. The first-order chi connectivity index (χ1) is 17.4. The molecule has 1 N–H and O–H groups in total. The highest BCUT2D eigenvalue weighted by atomic mass is 16.5. The van der Waals surface area contributed by atoms with Crippen LogP contribution in [0.15, 0.2) is 48.5 Å². The van der Waals surface area contributed by atoms with Crippen LogP contribution in [0.3, 0.4) is 0 Å². The molecule has 2 aliphatic heterocycles. The highest BCUT2D eigenvalue weighted by molar-refractivity contribution is 5.93. The number of rotatable bonds is 8. The Morgan fingerprint density at radius 2 is 1.89 bits per heavy atom. The molecule has 2 aromatic rings. The molecule has 0 unspecified atom stereocenters. The van der Waals surface area contributed by atoms with Crippen LogP contribution in [-0.4, -0.2) is 55.1 Å². The predicted molar refractivity (Wildman–Crippen MR) is 136 cm³/mol. The van der Waals surface area contributed by atoms with Crippen molar-refractivity contribution in [2.24, 2.45) is 5.92 Å². The van der Waals surface area contributed by atoms with Crippen molar-refractivity contribution in [1.29, 1.82) is 0 Å². The van der Waals surface area contributed by atoms with Crippen LogP contribution in [0.5, 0.6) is 11.5 Å². The Morgan fingerprint density at radius 3 is 2.61 bits per heavy atom. The molecule has 2 heterocycles. The van der Waals surface area contributed by atoms with E-state index < -0.39 is 5.97 Å². The van der Waals surface area contributed by atoms with E-state index in [1.165, 1.54) is 6.08 Å². The van der Waals surface area contributed by atoms with Gasteiger partial charge in [-0.2, -0.15) is 0 Å². The fourth-order valence-corrected chi connectivity index (χ4v) is 4.45. The Balaban J connectivity index is 1.24. The first-order valence-electron chi connectivity index (χ1n) is 12.4. The zero-order chi connectivity index (χ0) is 25.5. The van der Waals surface area contributed by atoms with Gasteiger partial charge in [0, 0.05) is 48.3 Å². The third-order valence-corrected chi connectivity index (χ3v) is 6.32. The number of esters is 1. The Kier molecular flexibility index (Phi) is 8.25. The Labute approximate surface area is 211 Å². The summed E-state index contributed by atoms with van der Waals surface area (Å²) < 4.78 is 16.7. The van der Waals surface area contributed by atoms with Gasteiger partial charge in [0.1, 0.15) is 17.6 Å². The van der Waals surface area contributed by atoms with Gasteiger partial charge in [-0.15, -0.1) is 0 Å². The number of anilines is 1. The zero-order valence-corrected chi connectivity index (χ0v) is 20.7. The topological polar surface area (TPSA) is 94.2 Å². The summed E-state index contributed by atoms with van der Waals surface area (Å²) in [5, 5.41) is 2.91. The van der Waals surface area contributed by atoms with Gasteiger partial charge in [0.25, 0.3) is 5.91 Å². The fourth-order valence-electron chi connectivity index (χ4n) is 4.45. The summed E-state index contributed by atoms with van der Waals surface area (Å²) in [7, 11) is 0. The highest BCUT2D eigenvalue weighted by Crippen LogP contribution is 2.35. The minimum Gasteiger partial charge on any atom is -0.493 e. The van der Waals surface area contributed by atoms with E-state index in [1.807, 2.05) is 56.3 Å². The number of nitrogens with zero attached hydrogens (tertiary/aromatic N) is 1. The summed E-state index contributed by atoms with van der Waals surface area (Å²) in [6, 6.07) is 13.1. The van der Waals surface area contributed by atoms with Crippen LogP contribution in [0.1, 0.15) is 37.8 Å². The van der Waals surface area contributed by atoms with Gasteiger partial charge in [-0.25, -0.2) is 4.79 Å². The summed E-state index contributed by atoms with van der Waals surface area (Å²) in [5.41, 5.74) is 2.55. The normalized spacial score (nSPS) is 17.4. The molecule has 2 aliphatic rings. The third-order valence-electron chi connectivity index (χ3n) is 6.32. The number of piperidine rings is 1. The lowest BCUT2D eigenvalue weighted by molar-refractivity contribution is -0.149. The second-order valence-corrected chi connectivity index (χ2v) is 9.01. The molecule has 0 spiro atoms. The molecule has 8 nitrogen and oxygen atoms in total. The van der Waals surface area contributed by atoms with Crippen LogP contribution in [0.25, 0.3) is 6.08 Å². The summed E-state index contributed by atoms with van der Waals surface area (Å²) >= 11 is 0. The van der Waals surface area contributed by atoms with E-state index in [0.717, 1.165) is 23.4 Å². The lowest BCUT2D eigenvalue weighted by atomic mass is 9.95. The minimum atomic E-state index is -0.613. The molecular formula is C28H32N2O6. The number of ether oxygens (including phenoxy) is 3. The number of carbonyl (C=O) groups is 3. The molecule has 8 heteroatoms. The molecule has 0 radical (unpaired) electrons. The van der Waals surface area contributed by atoms with Crippen molar-refractivity contribution in [3.05, 3.63) is 59.7 Å². The van der Waals surface area contributed by atoms with Gasteiger partial charge in [-0.1, -0.05) is 18.2 Å². The smallest absolute Gasteiger partial charge is 0.331 e. The van der Waals surface area contributed by atoms with Crippen molar-refractivity contribution >= 4 is 29.5 Å². The average Bonchev–Trinajstić information content (AvgIpc) is 3.25. The number of amides is 2. The summed E-state index contributed by atoms with van der Waals surface area (Å²) in [5.74, 6) is 0.385. The number of fused-ring (bicyclic) bond motifs is 1. The SMILES string of the molecule is CCOc1cc2c(cc1/C=C/C(=O)OCC(=O)N1CCC(C(=O)Nc3ccccc3)CC1)O[C@@H](C)C2. The van der Waals surface area contributed by atoms with Crippen molar-refractivity contribution in [2.75, 3.05) is 31.6 Å². The summed E-state index contributed by atoms with van der Waals surface area (Å²) in [4.78, 5) is 38.9. The first kappa shape index (κ1) is 25.3. The van der Waals surface area contributed by atoms with Crippen LogP contribution >= 0.6 is 0 Å². The van der Waals surface area contributed by atoms with Gasteiger partial charge >= 0.3 is 5.97 Å². The number of benzene rings is 2. The summed E-state index contributed by atoms with van der Waals surface area (Å²) in [6.45, 7) is 4.96. The van der Waals surface area contributed by atoms with Crippen LogP contribution in [0.4, 0.5) is 5.69 Å². The van der Waals surface area contributed by atoms with Crippen molar-refractivity contribution in [1.82, 2.24) is 4.90 Å². The fraction of sp³-hybridized carbons (Fsp3) is 0.393. The maximum atomic E-state index is 12.5. The summed E-state index contributed by atoms with van der Waals surface area (Å²) in [6.07, 6.45) is 4.96. The molecule has 1 atom stereocenters. The van der Waals surface area contributed by atoms with E-state index in [-0.39, 0.29) is 30.4 Å². The molecular weight excluding hydrogens is 460 g/mol. The Morgan fingerprint density at radius 1 is 1.14 bits per heavy atom. The van der Waals surface area contributed by atoms with Gasteiger partial charge < -0.3 is 24.4 Å². The van der Waals surface area contributed by atoms with E-state index in [9.17, 15) is 14.4 Å². The van der Waals surface area contributed by atoms with Crippen molar-refractivity contribution < 1.29 is 28.6 Å². The monoisotopic (exact) mass is 492 g/mol. The van der Waals surface area contributed by atoms with Crippen molar-refractivity contribution in [3.63, 3.8) is 0 Å². The largest absolute Gasteiger partial charge is 0.493 e. The first-order valence-corrected chi connectivity index (χ1v) is 12.4. The van der Waals surface area contributed by atoms with Gasteiger partial charge in [0.05, 0.1) is 6.61 Å². The molecule has 0 saturated carbocycles. The van der Waals surface area contributed by atoms with Crippen LogP contribution in [-0.2, 0) is 25.5 Å². The third kappa shape index (κ3) is 6.44. The minimum absolute atomic E-state index is 0.0392. The van der Waals surface area contributed by atoms with Crippen molar-refractivity contribution in [3.8, 4) is 11.5 Å². The van der Waals surface area contributed by atoms with E-state index in [0.29, 0.717) is 43.9 Å². The molecule has 190 valence electrons. The maximum Gasteiger partial charge on any atom is 0.331 e. The molecule has 1 fully saturated rings. The highest BCUT2D eigenvalue weighted by Gasteiger charge is 2.28. The second kappa shape index (κ2) is 11.7. The van der Waals surface area contributed by atoms with E-state index in [4.69, 9.17) is 14.2 Å². The lowest BCUT2D eigenvalue weighted by Crippen LogP contribution is -2.43. The van der Waals surface area contributed by atoms with Crippen molar-refractivity contribution in [2.45, 2.75) is 39.2 Å². The standard InChI is InChI=1S/C28H32N2O6/c1-3-34-24-17-22-15-19(2)36-25(22)16-21(24)9-10-27(32)35-18-26(31)30-13-11-20(12-14-30)28(33)29-23-7-5-4-6-8-23/h4-10,16-17,19-20H,3,11-15,18H2,1-2H3,(H,29,33)/b10-9+/t19-/m0/s1. The number of nitrogens with one attached hydrogen (secondary N) is 1. The lowest BCUT2D eigenvalue weighted by Gasteiger charge is -2.31. The van der Waals surface area contributed by atoms with Crippen LogP contribution < -0.4 is 14.8 Å². The van der Waals surface area contributed by atoms with E-state index in [2.05, 4.69) is 5.32 Å². The number of likely N-dealkylation sites (tertiary alicyclic amines) is 1. The van der Waals surface area contributed by atoms with Gasteiger partial charge in [-0.3, -0.25) is 9.59 Å². The molecule has 0 aliphatic carbocycles. The average molecular weight is 493 g/mol. The molecule has 0 bridgehead atoms. The predicted octanol–water partition coefficient (Wildman–Crippen LogP) is 3.84. The second-order valence-electron chi connectivity index (χ2n) is 9.01. The molecule has 36 heavy (non-hydrogen) atoms. The van der Waals surface area contributed by atoms with E-state index in [1.54, 1.807) is 11.0 Å². The van der Waals surface area contributed by atoms with Crippen LogP contribution in [0.2, 0.25) is 0 Å². The number of hydrogen-bond donors (Lipinski definition) is 1. The van der Waals surface area contributed by atoms with Gasteiger partial charge in [0.2, 0.25) is 5.91 Å². The zero-order valence-electron chi connectivity index (χ0n) is 20.7. The molecule has 2 amide bonds. The molecule has 0 aromatic heterocycles. The van der Waals surface area contributed by atoms with Crippen LogP contribution in [0, 0.1) is 5.92 Å². The quantitative estimate of drug-likeness (QED) is 0.445. The number of hydrogen-bond acceptors (Lipinski definition) is 6. The Bertz CT molecular complexity index is 1120.